The normalized spacial score (nSPS) is 11.1. The van der Waals surface area contributed by atoms with Gasteiger partial charge in [0.25, 0.3) is 0 Å². The molecule has 0 aliphatic heterocycles. The first-order valence-corrected chi connectivity index (χ1v) is 11.7. The van der Waals surface area contributed by atoms with Crippen molar-refractivity contribution in [1.82, 2.24) is 0 Å². The summed E-state index contributed by atoms with van der Waals surface area (Å²) >= 11 is 0. The van der Waals surface area contributed by atoms with Crippen LogP contribution in [0.3, 0.4) is 0 Å². The van der Waals surface area contributed by atoms with Gasteiger partial charge in [-0.3, -0.25) is 4.79 Å². The third kappa shape index (κ3) is 9.49. The minimum absolute atomic E-state index is 0. The van der Waals surface area contributed by atoms with Crippen molar-refractivity contribution >= 4 is 16.8 Å². The summed E-state index contributed by atoms with van der Waals surface area (Å²) in [4.78, 5) is 23.8. The molecule has 0 spiro atoms. The Morgan fingerprint density at radius 1 is 0.676 bits per heavy atom. The first kappa shape index (κ1) is 35.7. The molecule has 2 unspecified atom stereocenters. The van der Waals surface area contributed by atoms with Gasteiger partial charge in [0, 0.05) is 22.6 Å². The number of carbonyl (C=O) groups excluding carboxylic acids is 1. The summed E-state index contributed by atoms with van der Waals surface area (Å²) in [5.41, 5.74) is 4.03. The second-order valence-electron chi connectivity index (χ2n) is 8.49. The molecule has 202 valence electrons. The van der Waals surface area contributed by atoms with Crippen molar-refractivity contribution in [2.45, 2.75) is 82.1 Å². The molecule has 1 heterocycles. The molecule has 0 N–H and O–H groups in total. The molecule has 3 nitrogen and oxygen atoms in total. The second-order valence-corrected chi connectivity index (χ2v) is 8.49. The fourth-order valence-electron chi connectivity index (χ4n) is 3.60. The molecule has 0 bridgehead atoms. The van der Waals surface area contributed by atoms with Crippen LogP contribution in [0.5, 0.6) is 0 Å². The highest BCUT2D eigenvalue weighted by Gasteiger charge is 2.11. The molecule has 4 aromatic rings. The van der Waals surface area contributed by atoms with Crippen LogP contribution in [-0.4, -0.2) is 5.78 Å². The second kappa shape index (κ2) is 17.1. The molecule has 2 atom stereocenters. The van der Waals surface area contributed by atoms with E-state index in [0.717, 1.165) is 11.8 Å². The predicted octanol–water partition coefficient (Wildman–Crippen LogP) is 10.3. The highest BCUT2D eigenvalue weighted by molar-refractivity contribution is 6.10. The molecular formula is C34H48O3. The van der Waals surface area contributed by atoms with E-state index in [9.17, 15) is 9.59 Å². The fourth-order valence-corrected chi connectivity index (χ4v) is 3.60. The van der Waals surface area contributed by atoms with Crippen LogP contribution in [0.4, 0.5) is 0 Å². The molecule has 0 saturated carbocycles. The smallest absolute Gasteiger partial charge is 0.336 e. The van der Waals surface area contributed by atoms with Crippen molar-refractivity contribution in [3.05, 3.63) is 118 Å². The lowest BCUT2D eigenvalue weighted by Gasteiger charge is -2.09. The van der Waals surface area contributed by atoms with E-state index in [1.165, 1.54) is 23.6 Å². The zero-order valence-corrected chi connectivity index (χ0v) is 19.9. The molecule has 3 heteroatoms. The Labute approximate surface area is 225 Å². The Kier molecular flexibility index (Phi) is 16.5. The highest BCUT2D eigenvalue weighted by Crippen LogP contribution is 2.21. The van der Waals surface area contributed by atoms with Gasteiger partial charge in [0.1, 0.15) is 5.58 Å². The van der Waals surface area contributed by atoms with Crippen LogP contribution in [0.25, 0.3) is 11.0 Å². The quantitative estimate of drug-likeness (QED) is 0.194. The van der Waals surface area contributed by atoms with Gasteiger partial charge in [-0.1, -0.05) is 112 Å². The standard InChI is InChI=1S/C20H18O3.C10H14.4CH4/c1-3-13(2)14-4-6-15(7-5-14)20(22)17-8-10-18-16(12-17)9-11-19(21)23-18;1-3-9(2)10-7-5-4-6-8-10;;;;/h4-13H,3H2,1-2H3;4-9H,3H2,1-2H3;4*1H4. The number of fused-ring (bicyclic) bond motifs is 1. The number of rotatable bonds is 6. The van der Waals surface area contributed by atoms with E-state index in [-0.39, 0.29) is 35.5 Å². The Bertz CT molecular complexity index is 1240. The van der Waals surface area contributed by atoms with Gasteiger partial charge in [-0.15, -0.1) is 0 Å². The van der Waals surface area contributed by atoms with Crippen LogP contribution < -0.4 is 5.63 Å². The van der Waals surface area contributed by atoms with Crippen LogP contribution in [0.15, 0.2) is 94.1 Å². The van der Waals surface area contributed by atoms with E-state index in [4.69, 9.17) is 4.42 Å². The molecule has 0 radical (unpaired) electrons. The number of benzene rings is 3. The van der Waals surface area contributed by atoms with Crippen LogP contribution in [0.2, 0.25) is 0 Å². The number of carbonyl (C=O) groups is 1. The zero-order chi connectivity index (χ0) is 23.8. The van der Waals surface area contributed by atoms with Gasteiger partial charge in [0.05, 0.1) is 0 Å². The van der Waals surface area contributed by atoms with E-state index >= 15 is 0 Å². The lowest BCUT2D eigenvalue weighted by Crippen LogP contribution is -2.02. The van der Waals surface area contributed by atoms with Gasteiger partial charge in [-0.25, -0.2) is 4.79 Å². The van der Waals surface area contributed by atoms with E-state index < -0.39 is 5.63 Å². The highest BCUT2D eigenvalue weighted by atomic mass is 16.4. The Morgan fingerprint density at radius 2 is 1.19 bits per heavy atom. The summed E-state index contributed by atoms with van der Waals surface area (Å²) in [6.45, 7) is 8.80. The number of hydrogen-bond donors (Lipinski definition) is 0. The van der Waals surface area contributed by atoms with Crippen molar-refractivity contribution in [1.29, 1.82) is 0 Å². The first-order chi connectivity index (χ1) is 15.9. The van der Waals surface area contributed by atoms with Crippen LogP contribution in [0, 0.1) is 0 Å². The van der Waals surface area contributed by atoms with Crippen molar-refractivity contribution in [3.8, 4) is 0 Å². The molecule has 4 rings (SSSR count). The zero-order valence-electron chi connectivity index (χ0n) is 19.9. The van der Waals surface area contributed by atoms with E-state index in [2.05, 4.69) is 58.0 Å². The van der Waals surface area contributed by atoms with E-state index in [1.54, 1.807) is 24.3 Å². The first-order valence-electron chi connectivity index (χ1n) is 11.7. The molecule has 0 saturated heterocycles. The molecule has 0 aliphatic carbocycles. The van der Waals surface area contributed by atoms with Crippen LogP contribution in [-0.2, 0) is 0 Å². The molecule has 3 aromatic carbocycles. The minimum Gasteiger partial charge on any atom is -0.423 e. The number of hydrogen-bond acceptors (Lipinski definition) is 3. The summed E-state index contributed by atoms with van der Waals surface area (Å²) in [6.07, 6.45) is 2.30. The lowest BCUT2D eigenvalue weighted by atomic mass is 9.95. The third-order valence-corrected chi connectivity index (χ3v) is 6.22. The number of ketones is 1. The van der Waals surface area contributed by atoms with Gasteiger partial charge >= 0.3 is 5.63 Å². The van der Waals surface area contributed by atoms with Gasteiger partial charge in [0.2, 0.25) is 0 Å². The Balaban J connectivity index is 0. The summed E-state index contributed by atoms with van der Waals surface area (Å²) in [5.74, 6) is 1.16. The maximum absolute atomic E-state index is 12.6. The van der Waals surface area contributed by atoms with E-state index in [1.807, 2.05) is 24.3 Å². The van der Waals surface area contributed by atoms with Crippen molar-refractivity contribution in [2.24, 2.45) is 0 Å². The Hall–Kier alpha value is -3.46. The van der Waals surface area contributed by atoms with E-state index in [0.29, 0.717) is 28.5 Å². The molecule has 1 aromatic heterocycles. The van der Waals surface area contributed by atoms with Crippen molar-refractivity contribution in [3.63, 3.8) is 0 Å². The third-order valence-electron chi connectivity index (χ3n) is 6.22. The SMILES string of the molecule is C.C.C.C.CCC(C)c1ccc(C(=O)c2ccc3oc(=O)ccc3c2)cc1.CCC(C)c1ccccc1. The largest absolute Gasteiger partial charge is 0.423 e. The predicted molar refractivity (Wildman–Crippen MR) is 163 cm³/mol. The molecule has 0 aliphatic rings. The summed E-state index contributed by atoms with van der Waals surface area (Å²) in [7, 11) is 0. The summed E-state index contributed by atoms with van der Waals surface area (Å²) < 4.78 is 5.09. The van der Waals surface area contributed by atoms with Gasteiger partial charge < -0.3 is 4.42 Å². The molecule has 0 fully saturated rings. The average Bonchev–Trinajstić information content (AvgIpc) is 2.88. The van der Waals surface area contributed by atoms with Gasteiger partial charge in [-0.2, -0.15) is 0 Å². The topological polar surface area (TPSA) is 47.3 Å². The average molecular weight is 505 g/mol. The van der Waals surface area contributed by atoms with Crippen LogP contribution >= 0.6 is 0 Å². The Morgan fingerprint density at radius 3 is 1.73 bits per heavy atom. The fraction of sp³-hybridized carbons (Fsp3) is 0.353. The monoisotopic (exact) mass is 504 g/mol. The molecular weight excluding hydrogens is 456 g/mol. The minimum atomic E-state index is -0.391. The van der Waals surface area contributed by atoms with Crippen molar-refractivity contribution < 1.29 is 9.21 Å². The summed E-state index contributed by atoms with van der Waals surface area (Å²) in [6, 6.07) is 26.6. The lowest BCUT2D eigenvalue weighted by molar-refractivity contribution is 0.103. The van der Waals surface area contributed by atoms with Gasteiger partial charge in [-0.05, 0) is 60.1 Å². The van der Waals surface area contributed by atoms with Crippen LogP contribution in [0.1, 0.15) is 109 Å². The maximum atomic E-state index is 12.6. The summed E-state index contributed by atoms with van der Waals surface area (Å²) in [5, 5.41) is 0.742. The van der Waals surface area contributed by atoms with Gasteiger partial charge in [0.15, 0.2) is 5.78 Å². The van der Waals surface area contributed by atoms with Crippen molar-refractivity contribution in [2.75, 3.05) is 0 Å². The molecule has 0 amide bonds. The maximum Gasteiger partial charge on any atom is 0.336 e. The molecule has 37 heavy (non-hydrogen) atoms.